The molecule has 1 atom stereocenters. The second-order valence-electron chi connectivity index (χ2n) is 6.82. The molecule has 0 amide bonds. The van der Waals surface area contributed by atoms with Crippen LogP contribution in [0.5, 0.6) is 5.75 Å². The highest BCUT2D eigenvalue weighted by Crippen LogP contribution is 2.25. The molecule has 0 aliphatic heterocycles. The van der Waals surface area contributed by atoms with E-state index in [1.165, 1.54) is 0 Å². The van der Waals surface area contributed by atoms with E-state index in [4.69, 9.17) is 16.3 Å². The largest absolute Gasteiger partial charge is 1.00 e. The Labute approximate surface area is 181 Å². The zero-order valence-electron chi connectivity index (χ0n) is 15.8. The van der Waals surface area contributed by atoms with Crippen molar-refractivity contribution >= 4 is 22.4 Å². The van der Waals surface area contributed by atoms with Crippen LogP contribution in [-0.2, 0) is 13.1 Å². The lowest BCUT2D eigenvalue weighted by Gasteiger charge is -2.12. The molecule has 3 aromatic carbocycles. The van der Waals surface area contributed by atoms with Crippen molar-refractivity contribution in [3.63, 3.8) is 0 Å². The molecule has 1 N–H and O–H groups in total. The van der Waals surface area contributed by atoms with Gasteiger partial charge in [-0.3, -0.25) is 0 Å². The number of aliphatic hydroxyl groups excluding tert-OH is 1. The van der Waals surface area contributed by atoms with E-state index in [1.807, 2.05) is 82.5 Å². The topological polar surface area (TPSA) is 38.3 Å². The van der Waals surface area contributed by atoms with Crippen molar-refractivity contribution in [2.45, 2.75) is 19.2 Å². The van der Waals surface area contributed by atoms with Gasteiger partial charge in [0.15, 0.2) is 0 Å². The monoisotopic (exact) mass is 428 g/mol. The number of halogens is 2. The van der Waals surface area contributed by atoms with Crippen LogP contribution >= 0.6 is 11.6 Å². The fourth-order valence-electron chi connectivity index (χ4n) is 3.27. The molecule has 0 aliphatic carbocycles. The molecule has 0 spiro atoms. The Morgan fingerprint density at radius 3 is 2.62 bits per heavy atom. The Balaban J connectivity index is 0.00000240. The van der Waals surface area contributed by atoms with E-state index in [-0.39, 0.29) is 19.0 Å². The number of hydrogen-bond donors (Lipinski definition) is 1. The summed E-state index contributed by atoms with van der Waals surface area (Å²) in [4.78, 5) is 0. The van der Waals surface area contributed by atoms with Crippen molar-refractivity contribution in [2.75, 3.05) is 6.61 Å². The third-order valence-corrected chi connectivity index (χ3v) is 5.03. The first-order chi connectivity index (χ1) is 13.7. The van der Waals surface area contributed by atoms with Gasteiger partial charge in [0.05, 0.1) is 0 Å². The lowest BCUT2D eigenvalue weighted by molar-refractivity contribution is -0.687. The summed E-state index contributed by atoms with van der Waals surface area (Å²) in [5.41, 5.74) is 1.06. The minimum absolute atomic E-state index is 0. The van der Waals surface area contributed by atoms with E-state index in [2.05, 4.69) is 12.1 Å². The molecule has 0 fully saturated rings. The Morgan fingerprint density at radius 2 is 1.76 bits per heavy atom. The van der Waals surface area contributed by atoms with Gasteiger partial charge in [-0.1, -0.05) is 66.2 Å². The van der Waals surface area contributed by atoms with Gasteiger partial charge in [-0.05, 0) is 17.5 Å². The molecular weight excluding hydrogens is 407 g/mol. The number of aliphatic hydroxyl groups is 1. The molecule has 4 rings (SSSR count). The van der Waals surface area contributed by atoms with Gasteiger partial charge >= 0.3 is 0 Å². The van der Waals surface area contributed by atoms with Crippen molar-refractivity contribution in [3.8, 4) is 5.75 Å². The minimum atomic E-state index is -0.611. The molecule has 0 aliphatic rings. The molecule has 0 saturated heterocycles. The highest BCUT2D eigenvalue weighted by Gasteiger charge is 2.13. The van der Waals surface area contributed by atoms with Gasteiger partial charge in [0.2, 0.25) is 6.33 Å². The molecule has 4 nitrogen and oxygen atoms in total. The van der Waals surface area contributed by atoms with E-state index in [9.17, 15) is 5.11 Å². The SMILES string of the molecule is OC(COc1cccc2ccccc12)Cn1cc[n+](Cc2ccccc2Cl)c1.[Cl-]. The predicted molar refractivity (Wildman–Crippen MR) is 111 cm³/mol. The van der Waals surface area contributed by atoms with Crippen molar-refractivity contribution in [2.24, 2.45) is 0 Å². The lowest BCUT2D eigenvalue weighted by atomic mass is 10.1. The Hall–Kier alpha value is -2.53. The summed E-state index contributed by atoms with van der Waals surface area (Å²) in [6.07, 6.45) is 5.27. The van der Waals surface area contributed by atoms with E-state index in [0.29, 0.717) is 13.1 Å². The van der Waals surface area contributed by atoms with Crippen LogP contribution < -0.4 is 21.7 Å². The van der Waals surface area contributed by atoms with Crippen molar-refractivity contribution in [1.82, 2.24) is 4.57 Å². The smallest absolute Gasteiger partial charge is 0.244 e. The van der Waals surface area contributed by atoms with Gasteiger partial charge in [-0.2, -0.15) is 0 Å². The number of ether oxygens (including phenoxy) is 1. The Kier molecular flexibility index (Phi) is 7.15. The zero-order valence-corrected chi connectivity index (χ0v) is 17.3. The van der Waals surface area contributed by atoms with Crippen LogP contribution in [0.25, 0.3) is 10.8 Å². The Bertz CT molecular complexity index is 1080. The molecule has 6 heteroatoms. The van der Waals surface area contributed by atoms with E-state index >= 15 is 0 Å². The van der Waals surface area contributed by atoms with Crippen molar-refractivity contribution in [3.05, 3.63) is 96.0 Å². The maximum absolute atomic E-state index is 10.4. The predicted octanol–water partition coefficient (Wildman–Crippen LogP) is 1.07. The molecule has 0 radical (unpaired) electrons. The second-order valence-corrected chi connectivity index (χ2v) is 7.22. The molecule has 1 aromatic heterocycles. The number of fused-ring (bicyclic) bond motifs is 1. The third kappa shape index (κ3) is 5.30. The summed E-state index contributed by atoms with van der Waals surface area (Å²) < 4.78 is 9.88. The molecule has 0 saturated carbocycles. The van der Waals surface area contributed by atoms with Gasteiger partial charge < -0.3 is 22.3 Å². The average Bonchev–Trinajstić information content (AvgIpc) is 3.15. The first-order valence-electron chi connectivity index (χ1n) is 9.26. The van der Waals surface area contributed by atoms with Gasteiger partial charge in [0.1, 0.15) is 43.9 Å². The van der Waals surface area contributed by atoms with Crippen molar-refractivity contribution < 1.29 is 26.8 Å². The highest BCUT2D eigenvalue weighted by molar-refractivity contribution is 6.31. The zero-order chi connectivity index (χ0) is 19.3. The number of nitrogens with zero attached hydrogens (tertiary/aromatic N) is 2. The molecule has 0 bridgehead atoms. The highest BCUT2D eigenvalue weighted by atomic mass is 35.5. The fraction of sp³-hybridized carbons (Fsp3) is 0.174. The number of rotatable bonds is 7. The first kappa shape index (κ1) is 21.2. The normalized spacial score (nSPS) is 11.8. The first-order valence-corrected chi connectivity index (χ1v) is 9.64. The quantitative estimate of drug-likeness (QED) is 0.447. The molecule has 29 heavy (non-hydrogen) atoms. The number of hydrogen-bond acceptors (Lipinski definition) is 2. The Morgan fingerprint density at radius 1 is 1.00 bits per heavy atom. The summed E-state index contributed by atoms with van der Waals surface area (Å²) in [6.45, 7) is 1.38. The summed E-state index contributed by atoms with van der Waals surface area (Å²) in [5, 5.41) is 13.3. The minimum Gasteiger partial charge on any atom is -1.00 e. The van der Waals surface area contributed by atoms with Crippen LogP contribution in [0.1, 0.15) is 5.56 Å². The van der Waals surface area contributed by atoms with Crippen LogP contribution in [0.3, 0.4) is 0 Å². The maximum atomic E-state index is 10.4. The summed E-state index contributed by atoms with van der Waals surface area (Å²) in [6, 6.07) is 21.8. The van der Waals surface area contributed by atoms with Crippen LogP contribution in [0.15, 0.2) is 85.5 Å². The molecule has 150 valence electrons. The van der Waals surface area contributed by atoms with E-state index < -0.39 is 6.10 Å². The van der Waals surface area contributed by atoms with E-state index in [1.54, 1.807) is 0 Å². The number of aromatic nitrogens is 2. The van der Waals surface area contributed by atoms with Crippen LogP contribution in [0.2, 0.25) is 5.02 Å². The van der Waals surface area contributed by atoms with Gasteiger partial charge in [0, 0.05) is 16.0 Å². The standard InChI is InChI=1S/C23H22ClN2O2.ClH/c24-22-10-4-2-7-19(22)14-25-12-13-26(17-25)15-20(27)16-28-23-11-5-8-18-6-1-3-9-21(18)23;/h1-13,17,20,27H,14-16H2;1H/q+1;/p-1. The van der Waals surface area contributed by atoms with Crippen LogP contribution in [0.4, 0.5) is 0 Å². The summed E-state index contributed by atoms with van der Waals surface area (Å²) in [7, 11) is 0. The van der Waals surface area contributed by atoms with Gasteiger partial charge in [-0.15, -0.1) is 0 Å². The average molecular weight is 429 g/mol. The molecule has 1 unspecified atom stereocenters. The molecule has 1 heterocycles. The molecular formula is C23H22Cl2N2O2. The van der Waals surface area contributed by atoms with Crippen molar-refractivity contribution in [1.29, 1.82) is 0 Å². The number of imidazole rings is 1. The molecule has 4 aromatic rings. The van der Waals surface area contributed by atoms with E-state index in [0.717, 1.165) is 27.1 Å². The summed E-state index contributed by atoms with van der Waals surface area (Å²) >= 11 is 6.23. The second kappa shape index (κ2) is 9.79. The van der Waals surface area contributed by atoms with Crippen LogP contribution in [0, 0.1) is 0 Å². The van der Waals surface area contributed by atoms with Gasteiger partial charge in [-0.25, -0.2) is 9.13 Å². The fourth-order valence-corrected chi connectivity index (χ4v) is 3.46. The maximum Gasteiger partial charge on any atom is 0.244 e. The van der Waals surface area contributed by atoms with Gasteiger partial charge in [0.25, 0.3) is 0 Å². The lowest BCUT2D eigenvalue weighted by Crippen LogP contribution is -3.00. The number of benzene rings is 3. The van der Waals surface area contributed by atoms with Crippen LogP contribution in [-0.4, -0.2) is 22.4 Å². The summed E-state index contributed by atoms with van der Waals surface area (Å²) in [5.74, 6) is 0.790. The third-order valence-electron chi connectivity index (χ3n) is 4.66.